The van der Waals surface area contributed by atoms with Crippen LogP contribution in [0.1, 0.15) is 32.9 Å². The molecule has 5 heterocycles. The first-order valence-electron chi connectivity index (χ1n) is 12.8. The summed E-state index contributed by atoms with van der Waals surface area (Å²) in [6, 6.07) is 12.0. The number of anilines is 1. The molecule has 0 aliphatic rings. The third kappa shape index (κ3) is 4.70. The van der Waals surface area contributed by atoms with Gasteiger partial charge in [-0.15, -0.1) is 0 Å². The van der Waals surface area contributed by atoms with Crippen LogP contribution >= 0.6 is 0 Å². The number of fused-ring (bicyclic) bond motifs is 2. The van der Waals surface area contributed by atoms with Gasteiger partial charge in [0.1, 0.15) is 11.2 Å². The number of H-pyrrole nitrogens is 3. The first-order chi connectivity index (χ1) is 18.9. The molecular formula is C30H28N8O. The van der Waals surface area contributed by atoms with Gasteiger partial charge in [0.15, 0.2) is 5.82 Å². The summed E-state index contributed by atoms with van der Waals surface area (Å²) in [5.74, 6) is 0.900. The first kappa shape index (κ1) is 24.3. The molecule has 9 heteroatoms. The molecule has 4 N–H and O–H groups in total. The normalized spacial score (nSPS) is 11.5. The maximum atomic E-state index is 12.3. The minimum Gasteiger partial charge on any atom is -0.355 e. The predicted molar refractivity (Wildman–Crippen MR) is 155 cm³/mol. The predicted octanol–water partition coefficient (Wildman–Crippen LogP) is 6.58. The molecule has 1 amide bonds. The van der Waals surface area contributed by atoms with Crippen molar-refractivity contribution in [1.29, 1.82) is 0 Å². The molecule has 1 aromatic carbocycles. The zero-order valence-electron chi connectivity index (χ0n) is 22.0. The van der Waals surface area contributed by atoms with Crippen molar-refractivity contribution in [2.45, 2.75) is 27.2 Å². The van der Waals surface area contributed by atoms with Gasteiger partial charge in [0, 0.05) is 46.7 Å². The van der Waals surface area contributed by atoms with Gasteiger partial charge in [0.05, 0.1) is 29.1 Å². The van der Waals surface area contributed by atoms with E-state index in [1.165, 1.54) is 0 Å². The number of carbonyl (C=O) groups is 1. The van der Waals surface area contributed by atoms with Crippen LogP contribution in [0, 0.1) is 5.92 Å². The second kappa shape index (κ2) is 9.68. The maximum Gasteiger partial charge on any atom is 0.224 e. The smallest absolute Gasteiger partial charge is 0.224 e. The van der Waals surface area contributed by atoms with Gasteiger partial charge in [0.25, 0.3) is 0 Å². The topological polar surface area (TPSA) is 128 Å². The lowest BCUT2D eigenvalue weighted by Gasteiger charge is -2.09. The van der Waals surface area contributed by atoms with Gasteiger partial charge in [-0.25, -0.2) is 4.98 Å². The molecule has 5 aromatic heterocycles. The molecule has 0 saturated carbocycles. The second-order valence-electron chi connectivity index (χ2n) is 10.2. The molecule has 0 spiro atoms. The Morgan fingerprint density at radius 3 is 2.62 bits per heavy atom. The number of nitrogens with zero attached hydrogens (tertiary/aromatic N) is 4. The highest BCUT2D eigenvalue weighted by molar-refractivity contribution is 5.98. The van der Waals surface area contributed by atoms with E-state index in [0.717, 1.165) is 55.6 Å². The Morgan fingerprint density at radius 1 is 0.974 bits per heavy atom. The van der Waals surface area contributed by atoms with E-state index in [0.29, 0.717) is 23.6 Å². The largest absolute Gasteiger partial charge is 0.355 e. The van der Waals surface area contributed by atoms with E-state index in [2.05, 4.69) is 48.1 Å². The van der Waals surface area contributed by atoms with Crippen molar-refractivity contribution < 1.29 is 4.79 Å². The Bertz CT molecular complexity index is 1860. The second-order valence-corrected chi connectivity index (χ2v) is 10.2. The van der Waals surface area contributed by atoms with Crippen LogP contribution in [-0.2, 0) is 4.79 Å². The molecule has 0 bridgehead atoms. The lowest BCUT2D eigenvalue weighted by atomic mass is 10.0. The summed E-state index contributed by atoms with van der Waals surface area (Å²) in [7, 11) is 0. The quantitative estimate of drug-likeness (QED) is 0.191. The summed E-state index contributed by atoms with van der Waals surface area (Å²) in [6.07, 6.45) is 7.48. The molecule has 0 aliphatic carbocycles. The number of rotatable bonds is 7. The number of imidazole rings is 1. The summed E-state index contributed by atoms with van der Waals surface area (Å²) in [5, 5.41) is 11.6. The average molecular weight is 517 g/mol. The Kier molecular flexibility index (Phi) is 6.03. The highest BCUT2D eigenvalue weighted by Gasteiger charge is 2.17. The van der Waals surface area contributed by atoms with E-state index in [9.17, 15) is 4.79 Å². The molecule has 0 fully saturated rings. The molecule has 6 rings (SSSR count). The molecule has 0 saturated heterocycles. The zero-order valence-corrected chi connectivity index (χ0v) is 22.0. The average Bonchev–Trinajstić information content (AvgIpc) is 3.65. The minimum atomic E-state index is -0.0227. The molecule has 0 aliphatic heterocycles. The molecule has 9 nitrogen and oxygen atoms in total. The van der Waals surface area contributed by atoms with Gasteiger partial charge in [-0.2, -0.15) is 5.10 Å². The van der Waals surface area contributed by atoms with Crippen molar-refractivity contribution in [2.24, 2.45) is 5.92 Å². The highest BCUT2D eigenvalue weighted by Crippen LogP contribution is 2.33. The molecule has 39 heavy (non-hydrogen) atoms. The molecule has 6 aromatic rings. The first-order valence-corrected chi connectivity index (χ1v) is 12.8. The zero-order chi connectivity index (χ0) is 27.1. The number of pyridine rings is 2. The van der Waals surface area contributed by atoms with Crippen LogP contribution < -0.4 is 5.32 Å². The summed E-state index contributed by atoms with van der Waals surface area (Å²) in [6.45, 7) is 10.0. The number of benzene rings is 1. The third-order valence-electron chi connectivity index (χ3n) is 6.57. The molecule has 194 valence electrons. The number of nitrogens with one attached hydrogen (secondary N) is 4. The standard InChI is InChI=1S/C30H28N8O/c1-16(2)9-27(39)33-20-10-19(12-31-13-20)18-5-6-25-21(11-18)29(38-37-25)30-35-26-15-32-14-22(28(26)36-30)24-8-7-23(34-24)17(3)4/h5-8,10-16,34H,3,9H2,1-2,4H3,(H,33,39)(H,35,36)(H,37,38). The van der Waals surface area contributed by atoms with Crippen LogP contribution in [0.25, 0.3) is 61.4 Å². The number of aromatic nitrogens is 7. The van der Waals surface area contributed by atoms with E-state index < -0.39 is 0 Å². The Morgan fingerprint density at radius 2 is 1.82 bits per heavy atom. The van der Waals surface area contributed by atoms with E-state index >= 15 is 0 Å². The van der Waals surface area contributed by atoms with E-state index in [-0.39, 0.29) is 11.8 Å². The number of amides is 1. The molecule has 0 atom stereocenters. The van der Waals surface area contributed by atoms with Crippen molar-refractivity contribution in [1.82, 2.24) is 35.1 Å². The van der Waals surface area contributed by atoms with Crippen LogP contribution in [-0.4, -0.2) is 41.0 Å². The summed E-state index contributed by atoms with van der Waals surface area (Å²) >= 11 is 0. The van der Waals surface area contributed by atoms with Crippen LogP contribution in [0.3, 0.4) is 0 Å². The van der Waals surface area contributed by atoms with Crippen LogP contribution in [0.4, 0.5) is 5.69 Å². The lowest BCUT2D eigenvalue weighted by Crippen LogP contribution is -2.13. The number of aromatic amines is 3. The van der Waals surface area contributed by atoms with Gasteiger partial charge in [0.2, 0.25) is 5.91 Å². The van der Waals surface area contributed by atoms with E-state index in [1.807, 2.05) is 57.3 Å². The monoisotopic (exact) mass is 516 g/mol. The van der Waals surface area contributed by atoms with Crippen molar-refractivity contribution in [2.75, 3.05) is 5.32 Å². The van der Waals surface area contributed by atoms with Gasteiger partial charge >= 0.3 is 0 Å². The van der Waals surface area contributed by atoms with Crippen molar-refractivity contribution in [3.05, 3.63) is 73.5 Å². The fourth-order valence-corrected chi connectivity index (χ4v) is 4.67. The van der Waals surface area contributed by atoms with Gasteiger partial charge in [-0.3, -0.25) is 19.9 Å². The number of hydrogen-bond acceptors (Lipinski definition) is 5. The van der Waals surface area contributed by atoms with Crippen LogP contribution in [0.15, 0.2) is 67.8 Å². The Balaban J connectivity index is 1.37. The van der Waals surface area contributed by atoms with Gasteiger partial charge < -0.3 is 15.3 Å². The van der Waals surface area contributed by atoms with Gasteiger partial charge in [-0.05, 0) is 54.3 Å². The summed E-state index contributed by atoms with van der Waals surface area (Å²) in [5.41, 5.74) is 9.47. The van der Waals surface area contributed by atoms with Gasteiger partial charge in [-0.1, -0.05) is 26.5 Å². The Labute approximate surface area is 224 Å². The van der Waals surface area contributed by atoms with E-state index in [1.54, 1.807) is 18.6 Å². The number of hydrogen-bond donors (Lipinski definition) is 4. The van der Waals surface area contributed by atoms with Crippen LogP contribution in [0.5, 0.6) is 0 Å². The molecular weight excluding hydrogens is 488 g/mol. The van der Waals surface area contributed by atoms with Crippen molar-refractivity contribution in [3.63, 3.8) is 0 Å². The number of allylic oxidation sites excluding steroid dienone is 1. The maximum absolute atomic E-state index is 12.3. The minimum absolute atomic E-state index is 0.0227. The fourth-order valence-electron chi connectivity index (χ4n) is 4.67. The van der Waals surface area contributed by atoms with Crippen molar-refractivity contribution in [3.8, 4) is 33.9 Å². The fraction of sp³-hybridized carbons (Fsp3) is 0.167. The third-order valence-corrected chi connectivity index (χ3v) is 6.57. The Hall–Kier alpha value is -5.05. The number of carbonyl (C=O) groups excluding carboxylic acids is 1. The highest BCUT2D eigenvalue weighted by atomic mass is 16.1. The van der Waals surface area contributed by atoms with Crippen molar-refractivity contribution >= 4 is 39.1 Å². The lowest BCUT2D eigenvalue weighted by molar-refractivity contribution is -0.116. The van der Waals surface area contributed by atoms with E-state index in [4.69, 9.17) is 4.98 Å². The summed E-state index contributed by atoms with van der Waals surface area (Å²) < 4.78 is 0. The molecule has 0 radical (unpaired) electrons. The summed E-state index contributed by atoms with van der Waals surface area (Å²) in [4.78, 5) is 32.7. The molecule has 0 unspecified atom stereocenters. The SMILES string of the molecule is C=C(C)c1ccc(-c2cncc3[nH]c(-c4n[nH]c5ccc(-c6cncc(NC(=O)CC(C)C)c6)cc45)nc23)[nH]1. The van der Waals surface area contributed by atoms with Crippen LogP contribution in [0.2, 0.25) is 0 Å².